The number of methoxy groups -OCH3 is 1. The Balaban J connectivity index is 0.00000450. The zero-order valence-corrected chi connectivity index (χ0v) is 21.1. The van der Waals surface area contributed by atoms with Gasteiger partial charge < -0.3 is 25.2 Å². The number of piperidine rings is 1. The van der Waals surface area contributed by atoms with Gasteiger partial charge in [0, 0.05) is 53.5 Å². The highest BCUT2D eigenvalue weighted by atomic mass is 127. The van der Waals surface area contributed by atoms with Crippen LogP contribution in [0.4, 0.5) is 0 Å². The summed E-state index contributed by atoms with van der Waals surface area (Å²) in [5.41, 5.74) is 1.87. The second kappa shape index (κ2) is 14.6. The van der Waals surface area contributed by atoms with E-state index in [-0.39, 0.29) is 29.9 Å². The van der Waals surface area contributed by atoms with Crippen LogP contribution in [0.3, 0.4) is 0 Å². The molecule has 1 saturated heterocycles. The number of carbonyl (C=O) groups excluding carboxylic acids is 1. The van der Waals surface area contributed by atoms with Gasteiger partial charge in [0.2, 0.25) is 0 Å². The van der Waals surface area contributed by atoms with Crippen molar-refractivity contribution in [2.75, 3.05) is 67.6 Å². The number of benzene rings is 1. The van der Waals surface area contributed by atoms with Crippen molar-refractivity contribution in [3.05, 3.63) is 35.4 Å². The first-order valence-corrected chi connectivity index (χ1v) is 10.5. The fraction of sp³-hybridized carbons (Fsp3) is 0.636. The summed E-state index contributed by atoms with van der Waals surface area (Å²) in [5, 5.41) is 6.85. The summed E-state index contributed by atoms with van der Waals surface area (Å²) < 4.78 is 5.17. The van der Waals surface area contributed by atoms with E-state index in [2.05, 4.69) is 26.6 Å². The summed E-state index contributed by atoms with van der Waals surface area (Å²) in [6.45, 7) is 5.85. The summed E-state index contributed by atoms with van der Waals surface area (Å²) in [6.07, 6.45) is 3.26. The maximum atomic E-state index is 12.1. The number of carbonyl (C=O) groups is 1. The van der Waals surface area contributed by atoms with Crippen LogP contribution in [-0.2, 0) is 11.2 Å². The van der Waals surface area contributed by atoms with E-state index in [1.54, 1.807) is 33.2 Å². The van der Waals surface area contributed by atoms with Gasteiger partial charge in [-0.2, -0.15) is 0 Å². The molecule has 8 heteroatoms. The molecule has 2 rings (SSSR count). The number of nitrogens with zero attached hydrogens (tertiary/aromatic N) is 3. The first kappa shape index (κ1) is 26.6. The summed E-state index contributed by atoms with van der Waals surface area (Å²) in [7, 11) is 7.11. The van der Waals surface area contributed by atoms with Crippen molar-refractivity contribution >= 4 is 35.8 Å². The number of amides is 1. The van der Waals surface area contributed by atoms with Crippen LogP contribution in [0, 0.1) is 5.92 Å². The van der Waals surface area contributed by atoms with Crippen molar-refractivity contribution in [3.8, 4) is 0 Å². The number of ether oxygens (including phenoxy) is 1. The molecule has 170 valence electrons. The molecule has 1 aromatic carbocycles. The largest absolute Gasteiger partial charge is 0.383 e. The second-order valence-electron chi connectivity index (χ2n) is 7.81. The van der Waals surface area contributed by atoms with Gasteiger partial charge in [-0.15, -0.1) is 24.0 Å². The Morgan fingerprint density at radius 2 is 2.00 bits per heavy atom. The molecule has 2 N–H and O–H groups in total. The number of rotatable bonds is 9. The van der Waals surface area contributed by atoms with Gasteiger partial charge in [-0.25, -0.2) is 0 Å². The number of guanidine groups is 1. The highest BCUT2D eigenvalue weighted by molar-refractivity contribution is 14.0. The summed E-state index contributed by atoms with van der Waals surface area (Å²) >= 11 is 0. The van der Waals surface area contributed by atoms with Crippen molar-refractivity contribution in [2.45, 2.75) is 19.3 Å². The monoisotopic (exact) mass is 531 g/mol. The SMILES string of the molecule is CN=C(NCCc1cccc(C(=O)N(C)C)c1)NCC1CCN(CCOC)CC1.I. The quantitative estimate of drug-likeness (QED) is 0.290. The van der Waals surface area contributed by atoms with Gasteiger partial charge in [0.15, 0.2) is 5.96 Å². The summed E-state index contributed by atoms with van der Waals surface area (Å²) in [4.78, 5) is 20.5. The smallest absolute Gasteiger partial charge is 0.253 e. The van der Waals surface area contributed by atoms with Crippen LogP contribution in [0.15, 0.2) is 29.3 Å². The van der Waals surface area contributed by atoms with Gasteiger partial charge in [0.1, 0.15) is 0 Å². The lowest BCUT2D eigenvalue weighted by atomic mass is 9.97. The predicted molar refractivity (Wildman–Crippen MR) is 134 cm³/mol. The average molecular weight is 531 g/mol. The predicted octanol–water partition coefficient (Wildman–Crippen LogP) is 2.07. The minimum atomic E-state index is 0. The molecular weight excluding hydrogens is 493 g/mol. The molecule has 7 nitrogen and oxygen atoms in total. The molecule has 0 spiro atoms. The lowest BCUT2D eigenvalue weighted by molar-refractivity contribution is 0.0827. The topological polar surface area (TPSA) is 69.2 Å². The molecule has 0 saturated carbocycles. The fourth-order valence-corrected chi connectivity index (χ4v) is 3.54. The molecule has 1 aliphatic rings. The normalized spacial score (nSPS) is 15.4. The van der Waals surface area contributed by atoms with Gasteiger partial charge >= 0.3 is 0 Å². The molecule has 0 atom stereocenters. The van der Waals surface area contributed by atoms with Crippen molar-refractivity contribution in [1.82, 2.24) is 20.4 Å². The van der Waals surface area contributed by atoms with Gasteiger partial charge in [-0.1, -0.05) is 12.1 Å². The minimum Gasteiger partial charge on any atom is -0.383 e. The summed E-state index contributed by atoms with van der Waals surface area (Å²) in [6, 6.07) is 7.83. The van der Waals surface area contributed by atoms with Crippen LogP contribution < -0.4 is 10.6 Å². The Bertz CT molecular complexity index is 661. The number of aliphatic imine (C=N–C) groups is 1. The van der Waals surface area contributed by atoms with E-state index in [9.17, 15) is 4.79 Å². The van der Waals surface area contributed by atoms with E-state index in [4.69, 9.17) is 4.74 Å². The van der Waals surface area contributed by atoms with Crippen LogP contribution in [0.25, 0.3) is 0 Å². The maximum absolute atomic E-state index is 12.1. The van der Waals surface area contributed by atoms with Crippen LogP contribution >= 0.6 is 24.0 Å². The van der Waals surface area contributed by atoms with Gasteiger partial charge in [-0.05, 0) is 56.0 Å². The van der Waals surface area contributed by atoms with Crippen molar-refractivity contribution < 1.29 is 9.53 Å². The number of hydrogen-bond acceptors (Lipinski definition) is 4. The molecule has 0 aliphatic carbocycles. The van der Waals surface area contributed by atoms with Gasteiger partial charge in [0.25, 0.3) is 5.91 Å². The Hall–Kier alpha value is -1.39. The van der Waals surface area contributed by atoms with Gasteiger partial charge in [0.05, 0.1) is 6.61 Å². The van der Waals surface area contributed by atoms with E-state index in [1.165, 1.54) is 12.8 Å². The van der Waals surface area contributed by atoms with E-state index >= 15 is 0 Å². The number of nitrogens with one attached hydrogen (secondary N) is 2. The second-order valence-corrected chi connectivity index (χ2v) is 7.81. The van der Waals surface area contributed by atoms with Crippen molar-refractivity contribution in [1.29, 1.82) is 0 Å². The number of likely N-dealkylation sites (tertiary alicyclic amines) is 1. The van der Waals surface area contributed by atoms with E-state index in [0.717, 1.165) is 62.8 Å². The third-order valence-corrected chi connectivity index (χ3v) is 5.39. The van der Waals surface area contributed by atoms with Crippen molar-refractivity contribution in [2.24, 2.45) is 10.9 Å². The summed E-state index contributed by atoms with van der Waals surface area (Å²) in [5.74, 6) is 1.55. The third kappa shape index (κ3) is 9.18. The van der Waals surface area contributed by atoms with Crippen LogP contribution in [0.5, 0.6) is 0 Å². The molecular formula is C22H38IN5O2. The molecule has 0 bridgehead atoms. The molecule has 1 aromatic rings. The lowest BCUT2D eigenvalue weighted by Crippen LogP contribution is -2.43. The van der Waals surface area contributed by atoms with Crippen LogP contribution in [0.2, 0.25) is 0 Å². The zero-order chi connectivity index (χ0) is 21.1. The molecule has 0 aromatic heterocycles. The first-order valence-electron chi connectivity index (χ1n) is 10.5. The lowest BCUT2D eigenvalue weighted by Gasteiger charge is -2.32. The van der Waals surface area contributed by atoms with E-state index in [0.29, 0.717) is 5.92 Å². The van der Waals surface area contributed by atoms with Crippen molar-refractivity contribution in [3.63, 3.8) is 0 Å². The Labute approximate surface area is 198 Å². The standard InChI is InChI=1S/C22H37N5O2.HI/c1-23-22(25-17-19-9-12-27(13-10-19)14-15-29-4)24-11-8-18-6-5-7-20(16-18)21(28)26(2)3;/h5-7,16,19H,8-15,17H2,1-4H3,(H2,23,24,25);1H. The molecule has 0 radical (unpaired) electrons. The number of halogens is 1. The first-order chi connectivity index (χ1) is 14.0. The van der Waals surface area contributed by atoms with E-state index < -0.39 is 0 Å². The minimum absolute atomic E-state index is 0. The third-order valence-electron chi connectivity index (χ3n) is 5.39. The van der Waals surface area contributed by atoms with Crippen LogP contribution in [0.1, 0.15) is 28.8 Å². The zero-order valence-electron chi connectivity index (χ0n) is 18.8. The molecule has 1 fully saturated rings. The molecule has 1 heterocycles. The highest BCUT2D eigenvalue weighted by Crippen LogP contribution is 2.16. The number of hydrogen-bond donors (Lipinski definition) is 2. The molecule has 30 heavy (non-hydrogen) atoms. The Morgan fingerprint density at radius 1 is 1.27 bits per heavy atom. The fourth-order valence-electron chi connectivity index (χ4n) is 3.54. The van der Waals surface area contributed by atoms with E-state index in [1.807, 2.05) is 18.2 Å². The van der Waals surface area contributed by atoms with Gasteiger partial charge in [-0.3, -0.25) is 9.79 Å². The molecule has 1 aliphatic heterocycles. The Morgan fingerprint density at radius 3 is 2.63 bits per heavy atom. The molecule has 0 unspecified atom stereocenters. The average Bonchev–Trinajstić information content (AvgIpc) is 2.75. The maximum Gasteiger partial charge on any atom is 0.253 e. The Kier molecular flexibility index (Phi) is 13.0. The van der Waals surface area contributed by atoms with Crippen LogP contribution in [-0.4, -0.2) is 89.3 Å². The molecule has 1 amide bonds. The highest BCUT2D eigenvalue weighted by Gasteiger charge is 2.19.